The van der Waals surface area contributed by atoms with E-state index in [2.05, 4.69) is 24.1 Å². The van der Waals surface area contributed by atoms with Crippen molar-refractivity contribution in [3.63, 3.8) is 0 Å². The van der Waals surface area contributed by atoms with Gasteiger partial charge in [0.2, 0.25) is 0 Å². The van der Waals surface area contributed by atoms with Gasteiger partial charge in [0.05, 0.1) is 0 Å². The van der Waals surface area contributed by atoms with Crippen molar-refractivity contribution >= 4 is 0 Å². The molecule has 0 aliphatic carbocycles. The van der Waals surface area contributed by atoms with Crippen molar-refractivity contribution in [2.75, 3.05) is 33.8 Å². The Morgan fingerprint density at radius 3 is 2.82 bits per heavy atom. The molecule has 66 valence electrons. The molecule has 11 heavy (non-hydrogen) atoms. The molecule has 3 heteroatoms. The fourth-order valence-corrected chi connectivity index (χ4v) is 1.56. The summed E-state index contributed by atoms with van der Waals surface area (Å²) in [5, 5.41) is 13.3. The summed E-state index contributed by atoms with van der Waals surface area (Å²) in [7, 11) is 4.11. The number of piperidine rings is 1. The molecular weight excluding hydrogens is 140 g/mol. The first-order valence-electron chi connectivity index (χ1n) is 4.27. The molecule has 0 bridgehead atoms. The van der Waals surface area contributed by atoms with Crippen molar-refractivity contribution in [3.05, 3.63) is 0 Å². The lowest BCUT2D eigenvalue weighted by Gasteiger charge is -2.35. The second kappa shape index (κ2) is 4.04. The molecule has 0 aromatic carbocycles. The molecule has 1 rings (SSSR count). The summed E-state index contributed by atoms with van der Waals surface area (Å²) >= 11 is 0. The summed E-state index contributed by atoms with van der Waals surface area (Å²) < 4.78 is 0. The van der Waals surface area contributed by atoms with Crippen LogP contribution in [0.5, 0.6) is 0 Å². The number of aliphatic hydroxyl groups is 1. The van der Waals surface area contributed by atoms with Gasteiger partial charge >= 0.3 is 0 Å². The van der Waals surface area contributed by atoms with Crippen LogP contribution in [0, 0.1) is 5.92 Å². The number of nitrogens with zero attached hydrogens (tertiary/aromatic N) is 2. The Bertz CT molecular complexity index is 117. The van der Waals surface area contributed by atoms with Gasteiger partial charge in [-0.25, -0.2) is 10.0 Å². The topological polar surface area (TPSA) is 26.7 Å². The first kappa shape index (κ1) is 8.97. The number of aliphatic hydroxyl groups excluding tert-OH is 1. The maximum Gasteiger partial charge on any atom is 0.0472 e. The zero-order valence-corrected chi connectivity index (χ0v) is 7.45. The molecule has 1 aliphatic rings. The molecule has 3 nitrogen and oxygen atoms in total. The Hall–Kier alpha value is -0.120. The molecule has 1 fully saturated rings. The highest BCUT2D eigenvalue weighted by molar-refractivity contribution is 4.69. The van der Waals surface area contributed by atoms with Crippen molar-refractivity contribution in [3.8, 4) is 0 Å². The van der Waals surface area contributed by atoms with Gasteiger partial charge in [-0.2, -0.15) is 0 Å². The average Bonchev–Trinajstić information content (AvgIpc) is 2.05. The Morgan fingerprint density at radius 2 is 2.27 bits per heavy atom. The second-order valence-electron chi connectivity index (χ2n) is 3.45. The van der Waals surface area contributed by atoms with Gasteiger partial charge in [-0.1, -0.05) is 0 Å². The minimum atomic E-state index is 0.338. The van der Waals surface area contributed by atoms with E-state index in [-0.39, 0.29) is 0 Å². The predicted octanol–water partition coefficient (Wildman–Crippen LogP) is 0.167. The quantitative estimate of drug-likeness (QED) is 0.620. The van der Waals surface area contributed by atoms with Crippen molar-refractivity contribution < 1.29 is 5.11 Å². The molecular formula is C8H18N2O. The molecule has 1 N–H and O–H groups in total. The van der Waals surface area contributed by atoms with Crippen molar-refractivity contribution in [2.45, 2.75) is 12.8 Å². The average molecular weight is 158 g/mol. The monoisotopic (exact) mass is 158 g/mol. The predicted molar refractivity (Wildman–Crippen MR) is 45.1 cm³/mol. The number of hydrogen-bond donors (Lipinski definition) is 1. The summed E-state index contributed by atoms with van der Waals surface area (Å²) in [6, 6.07) is 0. The molecule has 1 unspecified atom stereocenters. The fraction of sp³-hybridized carbons (Fsp3) is 1.00. The van der Waals surface area contributed by atoms with Crippen LogP contribution in [-0.4, -0.2) is 48.9 Å². The van der Waals surface area contributed by atoms with Crippen LogP contribution in [0.15, 0.2) is 0 Å². The zero-order chi connectivity index (χ0) is 8.27. The Labute approximate surface area is 68.6 Å². The van der Waals surface area contributed by atoms with E-state index in [9.17, 15) is 0 Å². The lowest BCUT2D eigenvalue weighted by Crippen LogP contribution is -2.44. The number of hydrogen-bond acceptors (Lipinski definition) is 3. The van der Waals surface area contributed by atoms with Crippen LogP contribution >= 0.6 is 0 Å². The SMILES string of the molecule is CN(C)N1CCCC(CO)C1. The van der Waals surface area contributed by atoms with Crippen LogP contribution in [0.3, 0.4) is 0 Å². The highest BCUT2D eigenvalue weighted by atomic mass is 16.3. The van der Waals surface area contributed by atoms with Crippen LogP contribution < -0.4 is 0 Å². The van der Waals surface area contributed by atoms with Gasteiger partial charge in [0, 0.05) is 33.8 Å². The maximum absolute atomic E-state index is 8.95. The van der Waals surface area contributed by atoms with Crippen LogP contribution in [-0.2, 0) is 0 Å². The first-order valence-corrected chi connectivity index (χ1v) is 4.27. The van der Waals surface area contributed by atoms with Gasteiger partial charge in [0.1, 0.15) is 0 Å². The third-order valence-corrected chi connectivity index (χ3v) is 2.32. The maximum atomic E-state index is 8.95. The van der Waals surface area contributed by atoms with Gasteiger partial charge in [0.15, 0.2) is 0 Å². The molecule has 1 saturated heterocycles. The standard InChI is InChI=1S/C8H18N2O/c1-9(2)10-5-3-4-8(6-10)7-11/h8,11H,3-7H2,1-2H3. The lowest BCUT2D eigenvalue weighted by molar-refractivity contribution is -0.0236. The van der Waals surface area contributed by atoms with Crippen molar-refractivity contribution in [1.82, 2.24) is 10.0 Å². The smallest absolute Gasteiger partial charge is 0.0472 e. The summed E-state index contributed by atoms with van der Waals surface area (Å²) in [6.45, 7) is 2.50. The van der Waals surface area contributed by atoms with Gasteiger partial charge in [-0.05, 0) is 18.8 Å². The Balaban J connectivity index is 2.33. The zero-order valence-electron chi connectivity index (χ0n) is 7.45. The van der Waals surface area contributed by atoms with E-state index < -0.39 is 0 Å². The molecule has 1 heterocycles. The minimum Gasteiger partial charge on any atom is -0.396 e. The molecule has 0 saturated carbocycles. The van der Waals surface area contributed by atoms with E-state index in [0.29, 0.717) is 12.5 Å². The van der Waals surface area contributed by atoms with Gasteiger partial charge in [0.25, 0.3) is 0 Å². The molecule has 0 radical (unpaired) electrons. The summed E-state index contributed by atoms with van der Waals surface area (Å²) in [4.78, 5) is 0. The third kappa shape index (κ3) is 2.43. The second-order valence-corrected chi connectivity index (χ2v) is 3.45. The normalized spacial score (nSPS) is 27.8. The molecule has 0 spiro atoms. The first-order chi connectivity index (χ1) is 5.24. The van der Waals surface area contributed by atoms with Gasteiger partial charge in [-0.3, -0.25) is 0 Å². The third-order valence-electron chi connectivity index (χ3n) is 2.32. The van der Waals surface area contributed by atoms with E-state index in [0.717, 1.165) is 13.1 Å². The fourth-order valence-electron chi connectivity index (χ4n) is 1.56. The van der Waals surface area contributed by atoms with Crippen LogP contribution in [0.2, 0.25) is 0 Å². The Kier molecular flexibility index (Phi) is 3.30. The number of rotatable bonds is 2. The summed E-state index contributed by atoms with van der Waals surface area (Å²) in [5.41, 5.74) is 0. The molecule has 0 aromatic rings. The van der Waals surface area contributed by atoms with Crippen LogP contribution in [0.1, 0.15) is 12.8 Å². The number of hydrazine groups is 1. The van der Waals surface area contributed by atoms with Gasteiger partial charge < -0.3 is 5.11 Å². The Morgan fingerprint density at radius 1 is 1.55 bits per heavy atom. The van der Waals surface area contributed by atoms with Crippen molar-refractivity contribution in [2.24, 2.45) is 5.92 Å². The van der Waals surface area contributed by atoms with E-state index in [1.54, 1.807) is 0 Å². The largest absolute Gasteiger partial charge is 0.396 e. The minimum absolute atomic E-state index is 0.338. The summed E-state index contributed by atoms with van der Waals surface area (Å²) in [6.07, 6.45) is 2.39. The van der Waals surface area contributed by atoms with Gasteiger partial charge in [-0.15, -0.1) is 0 Å². The molecule has 0 aromatic heterocycles. The van der Waals surface area contributed by atoms with E-state index in [1.165, 1.54) is 12.8 Å². The van der Waals surface area contributed by atoms with Crippen LogP contribution in [0.4, 0.5) is 0 Å². The highest BCUT2D eigenvalue weighted by Gasteiger charge is 2.19. The van der Waals surface area contributed by atoms with E-state index in [1.807, 2.05) is 0 Å². The van der Waals surface area contributed by atoms with Crippen molar-refractivity contribution in [1.29, 1.82) is 0 Å². The van der Waals surface area contributed by atoms with E-state index >= 15 is 0 Å². The lowest BCUT2D eigenvalue weighted by atomic mass is 10.0. The molecule has 0 amide bonds. The molecule has 1 aliphatic heterocycles. The highest BCUT2D eigenvalue weighted by Crippen LogP contribution is 2.15. The van der Waals surface area contributed by atoms with E-state index in [4.69, 9.17) is 5.11 Å². The molecule has 1 atom stereocenters. The summed E-state index contributed by atoms with van der Waals surface area (Å²) in [5.74, 6) is 0.492. The van der Waals surface area contributed by atoms with Crippen LogP contribution in [0.25, 0.3) is 0 Å².